The molecule has 0 saturated carbocycles. The summed E-state index contributed by atoms with van der Waals surface area (Å²) >= 11 is 0. The van der Waals surface area contributed by atoms with Gasteiger partial charge in [0, 0.05) is 25.1 Å². The van der Waals surface area contributed by atoms with Gasteiger partial charge >= 0.3 is 0 Å². The number of hydrogen-bond acceptors (Lipinski definition) is 3. The molecule has 1 amide bonds. The highest BCUT2D eigenvalue weighted by molar-refractivity contribution is 6.16. The van der Waals surface area contributed by atoms with Crippen molar-refractivity contribution in [3.63, 3.8) is 0 Å². The zero-order valence-corrected chi connectivity index (χ0v) is 14.2. The summed E-state index contributed by atoms with van der Waals surface area (Å²) in [5.41, 5.74) is 0.101. The number of carbonyl (C=O) groups is 2. The highest BCUT2D eigenvalue weighted by atomic mass is 16.3. The summed E-state index contributed by atoms with van der Waals surface area (Å²) in [5, 5.41) is 10.6. The van der Waals surface area contributed by atoms with E-state index in [-0.39, 0.29) is 18.6 Å². The van der Waals surface area contributed by atoms with Crippen LogP contribution < -0.4 is 4.90 Å². The van der Waals surface area contributed by atoms with Crippen LogP contribution in [0.25, 0.3) is 0 Å². The monoisotopic (exact) mass is 337 g/mol. The molecule has 3 rings (SSSR count). The van der Waals surface area contributed by atoms with E-state index in [1.165, 1.54) is 10.5 Å². The average Bonchev–Trinajstić information content (AvgIpc) is 2.96. The van der Waals surface area contributed by atoms with Gasteiger partial charge in [-0.3, -0.25) is 9.59 Å². The molecule has 0 spiro atoms. The lowest BCUT2D eigenvalue weighted by Gasteiger charge is -2.21. The van der Waals surface area contributed by atoms with Crippen molar-refractivity contribution < 1.29 is 14.7 Å². The van der Waals surface area contributed by atoms with Gasteiger partial charge in [0.05, 0.1) is 0 Å². The quantitative estimate of drug-likeness (QED) is 0.624. The van der Waals surface area contributed by atoms with Crippen molar-refractivity contribution in [2.24, 2.45) is 0 Å². The molecule has 2 aromatic carbocycles. The predicted octanol–water partition coefficient (Wildman–Crippen LogP) is 3.14. The van der Waals surface area contributed by atoms with Crippen molar-refractivity contribution in [1.29, 1.82) is 0 Å². The van der Waals surface area contributed by atoms with E-state index < -0.39 is 11.5 Å². The Morgan fingerprint density at radius 3 is 2.32 bits per heavy atom. The summed E-state index contributed by atoms with van der Waals surface area (Å²) in [7, 11) is 0. The fourth-order valence-electron chi connectivity index (χ4n) is 3.28. The molecule has 1 atom stereocenters. The van der Waals surface area contributed by atoms with E-state index >= 15 is 0 Å². The number of nitrogens with zero attached hydrogens (tertiary/aromatic N) is 1. The lowest BCUT2D eigenvalue weighted by atomic mass is 9.92. The van der Waals surface area contributed by atoms with E-state index in [0.29, 0.717) is 13.0 Å². The molecule has 2 aromatic rings. The first-order valence-electron chi connectivity index (χ1n) is 8.78. The maximum atomic E-state index is 12.6. The van der Waals surface area contributed by atoms with Crippen molar-refractivity contribution in [3.05, 3.63) is 66.2 Å². The van der Waals surface area contributed by atoms with E-state index in [4.69, 9.17) is 0 Å². The Bertz CT molecular complexity index is 729. The lowest BCUT2D eigenvalue weighted by Crippen LogP contribution is -2.46. The van der Waals surface area contributed by atoms with E-state index in [0.717, 1.165) is 18.5 Å². The molecular formula is C21H23NO3. The van der Waals surface area contributed by atoms with E-state index in [2.05, 4.69) is 12.1 Å². The Balaban J connectivity index is 1.54. The largest absolute Gasteiger partial charge is 0.373 e. The summed E-state index contributed by atoms with van der Waals surface area (Å²) in [6.45, 7) is 0.370. The highest BCUT2D eigenvalue weighted by Gasteiger charge is 2.50. The van der Waals surface area contributed by atoms with Gasteiger partial charge in [0.1, 0.15) is 0 Å². The van der Waals surface area contributed by atoms with Gasteiger partial charge in [-0.05, 0) is 37.0 Å². The number of carbonyl (C=O) groups excluding carboxylic acids is 2. The smallest absolute Gasteiger partial charge is 0.266 e. The van der Waals surface area contributed by atoms with E-state index in [1.54, 1.807) is 0 Å². The summed E-state index contributed by atoms with van der Waals surface area (Å²) < 4.78 is 0. The molecule has 0 aromatic heterocycles. The van der Waals surface area contributed by atoms with Crippen LogP contribution in [0.3, 0.4) is 0 Å². The van der Waals surface area contributed by atoms with Crippen molar-refractivity contribution >= 4 is 17.4 Å². The van der Waals surface area contributed by atoms with Crippen LogP contribution >= 0.6 is 0 Å². The average molecular weight is 337 g/mol. The third kappa shape index (κ3) is 3.80. The number of Topliss-reactive ketones (excluding diaryl/α,β-unsaturated/α-hetero) is 1. The molecule has 0 radical (unpaired) electrons. The van der Waals surface area contributed by atoms with Crippen LogP contribution in [-0.2, 0) is 16.0 Å². The molecule has 1 N–H and O–H groups in total. The summed E-state index contributed by atoms with van der Waals surface area (Å²) in [5.74, 6) is -0.851. The Morgan fingerprint density at radius 2 is 1.64 bits per heavy atom. The molecule has 0 aliphatic carbocycles. The summed E-state index contributed by atoms with van der Waals surface area (Å²) in [4.78, 5) is 26.5. The van der Waals surface area contributed by atoms with Crippen LogP contribution in [0.5, 0.6) is 0 Å². The minimum Gasteiger partial charge on any atom is -0.373 e. The molecule has 1 heterocycles. The van der Waals surface area contributed by atoms with Crippen LogP contribution in [0, 0.1) is 0 Å². The first-order valence-corrected chi connectivity index (χ1v) is 8.78. The van der Waals surface area contributed by atoms with E-state index in [1.807, 2.05) is 48.5 Å². The van der Waals surface area contributed by atoms with Crippen molar-refractivity contribution in [3.8, 4) is 0 Å². The third-order valence-electron chi connectivity index (χ3n) is 4.79. The molecule has 1 aliphatic heterocycles. The maximum absolute atomic E-state index is 12.6. The zero-order valence-electron chi connectivity index (χ0n) is 14.2. The predicted molar refractivity (Wildman–Crippen MR) is 97.4 cm³/mol. The molecule has 25 heavy (non-hydrogen) atoms. The fraction of sp³-hybridized carbons (Fsp3) is 0.333. The number of hydrogen-bond donors (Lipinski definition) is 1. The lowest BCUT2D eigenvalue weighted by molar-refractivity contribution is -0.147. The second kappa shape index (κ2) is 7.62. The molecule has 130 valence electrons. The molecule has 1 aliphatic rings. The third-order valence-corrected chi connectivity index (χ3v) is 4.79. The minimum absolute atomic E-state index is 0.165. The normalized spacial score (nSPS) is 20.0. The SMILES string of the molecule is O=C(CCCCc1ccccc1)[C@@]1(O)CCN(c2ccccc2)C1=O. The number of aliphatic hydroxyl groups is 1. The van der Waals surface area contributed by atoms with Crippen molar-refractivity contribution in [2.75, 3.05) is 11.4 Å². The first-order chi connectivity index (χ1) is 12.1. The number of benzene rings is 2. The van der Waals surface area contributed by atoms with Crippen LogP contribution in [0.4, 0.5) is 5.69 Å². The Kier molecular flexibility index (Phi) is 5.29. The van der Waals surface area contributed by atoms with Gasteiger partial charge in [0.25, 0.3) is 5.91 Å². The van der Waals surface area contributed by atoms with Crippen LogP contribution in [0.2, 0.25) is 0 Å². The first kappa shape index (κ1) is 17.4. The standard InChI is InChI=1S/C21H23NO3/c23-19(14-8-7-11-17-9-3-1-4-10-17)21(25)15-16-22(20(21)24)18-12-5-2-6-13-18/h1-6,9-10,12-13,25H,7-8,11,14-16H2/t21-/m0/s1. The van der Waals surface area contributed by atoms with E-state index in [9.17, 15) is 14.7 Å². The van der Waals surface area contributed by atoms with Gasteiger partial charge in [-0.1, -0.05) is 48.5 Å². The van der Waals surface area contributed by atoms with Crippen LogP contribution in [-0.4, -0.2) is 28.9 Å². The number of ketones is 1. The Labute approximate surface area is 148 Å². The molecule has 4 nitrogen and oxygen atoms in total. The zero-order chi connectivity index (χ0) is 17.7. The second-order valence-electron chi connectivity index (χ2n) is 6.52. The number of aryl methyl sites for hydroxylation is 1. The second-order valence-corrected chi connectivity index (χ2v) is 6.52. The van der Waals surface area contributed by atoms with Gasteiger partial charge in [0.2, 0.25) is 5.60 Å². The molecule has 1 fully saturated rings. The highest BCUT2D eigenvalue weighted by Crippen LogP contribution is 2.30. The van der Waals surface area contributed by atoms with Gasteiger partial charge in [-0.25, -0.2) is 0 Å². The molecular weight excluding hydrogens is 314 g/mol. The van der Waals surface area contributed by atoms with Crippen molar-refractivity contribution in [1.82, 2.24) is 0 Å². The number of unbranched alkanes of at least 4 members (excludes halogenated alkanes) is 1. The Morgan fingerprint density at radius 1 is 1.00 bits per heavy atom. The molecule has 0 unspecified atom stereocenters. The van der Waals surface area contributed by atoms with Crippen molar-refractivity contribution in [2.45, 2.75) is 37.7 Å². The topological polar surface area (TPSA) is 57.6 Å². The van der Waals surface area contributed by atoms with Gasteiger partial charge in [-0.15, -0.1) is 0 Å². The molecule has 4 heteroatoms. The van der Waals surface area contributed by atoms with Crippen LogP contribution in [0.1, 0.15) is 31.2 Å². The number of rotatable bonds is 7. The van der Waals surface area contributed by atoms with Gasteiger partial charge < -0.3 is 10.0 Å². The number of para-hydroxylation sites is 1. The molecule has 1 saturated heterocycles. The fourth-order valence-corrected chi connectivity index (χ4v) is 3.28. The maximum Gasteiger partial charge on any atom is 0.266 e. The van der Waals surface area contributed by atoms with Crippen LogP contribution in [0.15, 0.2) is 60.7 Å². The summed E-state index contributed by atoms with van der Waals surface area (Å²) in [6.07, 6.45) is 2.84. The molecule has 0 bridgehead atoms. The number of amides is 1. The number of anilines is 1. The minimum atomic E-state index is -1.86. The van der Waals surface area contributed by atoms with Gasteiger partial charge in [0.15, 0.2) is 5.78 Å². The van der Waals surface area contributed by atoms with Gasteiger partial charge in [-0.2, -0.15) is 0 Å². The Hall–Kier alpha value is -2.46. The summed E-state index contributed by atoms with van der Waals surface area (Å²) in [6, 6.07) is 19.3.